The van der Waals surface area contributed by atoms with Crippen molar-refractivity contribution in [3.05, 3.63) is 52.2 Å². The molecule has 1 aromatic heterocycles. The van der Waals surface area contributed by atoms with Crippen LogP contribution in [0.3, 0.4) is 0 Å². The Kier molecular flexibility index (Phi) is 8.08. The largest absolute Gasteiger partial charge is 0.444 e. The number of anilines is 1. The van der Waals surface area contributed by atoms with E-state index in [-0.39, 0.29) is 53.5 Å². The van der Waals surface area contributed by atoms with E-state index in [1.807, 2.05) is 18.7 Å². The number of hydrogen-bond donors (Lipinski definition) is 1. The summed E-state index contributed by atoms with van der Waals surface area (Å²) in [5.74, 6) is 0.377. The highest BCUT2D eigenvalue weighted by Gasteiger charge is 2.41. The monoisotopic (exact) mass is 647 g/mol. The Labute approximate surface area is 263 Å². The maximum absolute atomic E-state index is 14.9. The second-order valence-corrected chi connectivity index (χ2v) is 14.4. The minimum atomic E-state index is -4.74. The summed E-state index contributed by atoms with van der Waals surface area (Å²) in [6.45, 7) is 11.2. The number of nitrogens with one attached hydrogen (secondary N) is 1. The van der Waals surface area contributed by atoms with Gasteiger partial charge >= 0.3 is 18.0 Å². The van der Waals surface area contributed by atoms with Gasteiger partial charge < -0.3 is 19.9 Å². The van der Waals surface area contributed by atoms with Gasteiger partial charge in [0.2, 0.25) is 0 Å². The molecule has 1 amide bonds. The molecule has 0 spiro atoms. The molecule has 242 valence electrons. The molecule has 45 heavy (non-hydrogen) atoms. The molecule has 6 rings (SSSR count). The second-order valence-electron chi connectivity index (χ2n) is 13.3. The van der Waals surface area contributed by atoms with E-state index in [2.05, 4.69) is 10.3 Å². The third-order valence-electron chi connectivity index (χ3n) is 8.73. The van der Waals surface area contributed by atoms with E-state index in [1.54, 1.807) is 30.2 Å². The lowest BCUT2D eigenvalue weighted by Gasteiger charge is -2.45. The first-order valence-electron chi connectivity index (χ1n) is 15.2. The summed E-state index contributed by atoms with van der Waals surface area (Å²) in [7, 11) is 0. The predicted molar refractivity (Wildman–Crippen MR) is 166 cm³/mol. The highest BCUT2D eigenvalue weighted by Crippen LogP contribution is 2.50. The van der Waals surface area contributed by atoms with Gasteiger partial charge in [-0.1, -0.05) is 12.1 Å². The van der Waals surface area contributed by atoms with Gasteiger partial charge in [0.25, 0.3) is 0 Å². The van der Waals surface area contributed by atoms with Crippen LogP contribution in [0, 0.1) is 11.7 Å². The Bertz CT molecular complexity index is 1680. The van der Waals surface area contributed by atoms with Gasteiger partial charge in [-0.25, -0.2) is 14.0 Å². The van der Waals surface area contributed by atoms with Crippen molar-refractivity contribution in [2.45, 2.75) is 75.8 Å². The number of benzene rings is 2. The van der Waals surface area contributed by atoms with Crippen molar-refractivity contribution in [2.75, 3.05) is 36.8 Å². The van der Waals surface area contributed by atoms with Gasteiger partial charge in [-0.15, -0.1) is 11.8 Å². The van der Waals surface area contributed by atoms with Crippen molar-refractivity contribution in [3.8, 4) is 11.1 Å². The zero-order chi connectivity index (χ0) is 32.4. The van der Waals surface area contributed by atoms with Gasteiger partial charge in [0.1, 0.15) is 17.2 Å². The SMILES string of the molecule is CC1CN(c2nc(=O)n3c4c(c(-c5ccc(F)cc5)c(C(F)(F)F)cc24)SC[C@@H]3CC2CNC2)C(C)CN1C(=O)OC(C)(C)C. The molecule has 0 radical (unpaired) electrons. The van der Waals surface area contributed by atoms with Gasteiger partial charge in [-0.3, -0.25) is 4.57 Å². The van der Waals surface area contributed by atoms with Crippen molar-refractivity contribution in [1.82, 2.24) is 19.8 Å². The van der Waals surface area contributed by atoms with Crippen LogP contribution < -0.4 is 15.9 Å². The quantitative estimate of drug-likeness (QED) is 0.333. The molecule has 2 fully saturated rings. The lowest BCUT2D eigenvalue weighted by Crippen LogP contribution is -2.59. The summed E-state index contributed by atoms with van der Waals surface area (Å²) in [4.78, 5) is 35.2. The molecule has 2 unspecified atom stereocenters. The first-order valence-corrected chi connectivity index (χ1v) is 16.2. The number of amides is 1. The summed E-state index contributed by atoms with van der Waals surface area (Å²) >= 11 is 1.31. The number of carbonyl (C=O) groups is 1. The topological polar surface area (TPSA) is 79.7 Å². The molecule has 8 nitrogen and oxygen atoms in total. The number of aromatic nitrogens is 2. The fourth-order valence-corrected chi connectivity index (χ4v) is 7.87. The number of thioether (sulfide) groups is 1. The Morgan fingerprint density at radius 3 is 2.38 bits per heavy atom. The first kappa shape index (κ1) is 31.7. The van der Waals surface area contributed by atoms with E-state index < -0.39 is 34.9 Å². The highest BCUT2D eigenvalue weighted by molar-refractivity contribution is 7.99. The summed E-state index contributed by atoms with van der Waals surface area (Å²) in [6, 6.07) is 5.09. The molecule has 0 saturated carbocycles. The molecule has 3 aromatic rings. The average molecular weight is 648 g/mol. The molecular weight excluding hydrogens is 610 g/mol. The molecule has 1 N–H and O–H groups in total. The molecule has 3 aliphatic rings. The average Bonchev–Trinajstić information content (AvgIpc) is 2.92. The highest BCUT2D eigenvalue weighted by atomic mass is 32.2. The third-order valence-corrected chi connectivity index (χ3v) is 9.96. The Balaban J connectivity index is 1.54. The predicted octanol–water partition coefficient (Wildman–Crippen LogP) is 6.31. The molecule has 3 aliphatic heterocycles. The van der Waals surface area contributed by atoms with E-state index in [9.17, 15) is 27.2 Å². The zero-order valence-electron chi connectivity index (χ0n) is 25.9. The number of piperazine rings is 1. The number of alkyl halides is 3. The van der Waals surface area contributed by atoms with Crippen LogP contribution in [0.1, 0.15) is 52.6 Å². The van der Waals surface area contributed by atoms with Gasteiger partial charge in [-0.05, 0) is 83.8 Å². The minimum absolute atomic E-state index is 0.0646. The van der Waals surface area contributed by atoms with E-state index in [4.69, 9.17) is 4.74 Å². The van der Waals surface area contributed by atoms with Gasteiger partial charge in [-0.2, -0.15) is 18.2 Å². The minimum Gasteiger partial charge on any atom is -0.444 e. The number of ether oxygens (including phenoxy) is 1. The summed E-state index contributed by atoms with van der Waals surface area (Å²) < 4.78 is 65.7. The number of carbonyl (C=O) groups excluding carboxylic acids is 1. The van der Waals surface area contributed by atoms with Crippen molar-refractivity contribution in [2.24, 2.45) is 5.92 Å². The Morgan fingerprint density at radius 1 is 1.09 bits per heavy atom. The van der Waals surface area contributed by atoms with Crippen LogP contribution in [-0.4, -0.2) is 70.2 Å². The fraction of sp³-hybridized carbons (Fsp3) is 0.531. The van der Waals surface area contributed by atoms with Crippen molar-refractivity contribution in [1.29, 1.82) is 0 Å². The molecule has 0 aliphatic carbocycles. The number of nitrogens with zero attached hydrogens (tertiary/aromatic N) is 4. The number of halogens is 4. The molecule has 3 atom stereocenters. The second kappa shape index (κ2) is 11.5. The summed E-state index contributed by atoms with van der Waals surface area (Å²) in [5, 5.41) is 3.48. The van der Waals surface area contributed by atoms with Crippen LogP contribution in [0.4, 0.5) is 28.2 Å². The number of hydrogen-bond acceptors (Lipinski definition) is 7. The standard InChI is InChI=1S/C32H37F4N5O3S/c1-17-15-40(30(43)44-31(3,4)5)18(2)14-39(17)28-23-11-24(32(34,35)36)25(20-6-8-21(33)9-7-20)27-26(23)41(29(42)38-28)22(16-45-27)10-19-12-37-13-19/h6-9,11,17-19,22,37H,10,12-16H2,1-5H3/t17?,18?,22-/m0/s1. The third kappa shape index (κ3) is 6.00. The van der Waals surface area contributed by atoms with Crippen LogP contribution in [-0.2, 0) is 10.9 Å². The van der Waals surface area contributed by atoms with E-state index in [1.165, 1.54) is 23.9 Å². The van der Waals surface area contributed by atoms with Gasteiger partial charge in [0.15, 0.2) is 0 Å². The van der Waals surface area contributed by atoms with Gasteiger partial charge in [0.05, 0.1) is 11.1 Å². The zero-order valence-corrected chi connectivity index (χ0v) is 26.7. The first-order chi connectivity index (χ1) is 21.1. The Hall–Kier alpha value is -3.32. The van der Waals surface area contributed by atoms with Crippen molar-refractivity contribution >= 4 is 34.6 Å². The molecule has 0 bridgehead atoms. The van der Waals surface area contributed by atoms with Crippen LogP contribution in [0.2, 0.25) is 0 Å². The molecule has 13 heteroatoms. The van der Waals surface area contributed by atoms with Crippen LogP contribution in [0.5, 0.6) is 0 Å². The molecule has 4 heterocycles. The molecule has 2 saturated heterocycles. The van der Waals surface area contributed by atoms with Crippen molar-refractivity contribution < 1.29 is 27.1 Å². The van der Waals surface area contributed by atoms with E-state index >= 15 is 0 Å². The lowest BCUT2D eigenvalue weighted by molar-refractivity contribution is -0.137. The van der Waals surface area contributed by atoms with Crippen molar-refractivity contribution in [3.63, 3.8) is 0 Å². The smallest absolute Gasteiger partial charge is 0.417 e. The Morgan fingerprint density at radius 2 is 1.78 bits per heavy atom. The normalized spacial score (nSPS) is 22.5. The number of rotatable bonds is 4. The van der Waals surface area contributed by atoms with E-state index in [0.717, 1.165) is 31.3 Å². The summed E-state index contributed by atoms with van der Waals surface area (Å²) in [6.07, 6.45) is -4.51. The van der Waals surface area contributed by atoms with Gasteiger partial charge in [0, 0.05) is 52.8 Å². The summed E-state index contributed by atoms with van der Waals surface area (Å²) in [5.41, 5.74) is -1.50. The van der Waals surface area contributed by atoms with Crippen LogP contribution in [0.15, 0.2) is 40.0 Å². The van der Waals surface area contributed by atoms with Crippen LogP contribution >= 0.6 is 11.8 Å². The van der Waals surface area contributed by atoms with Crippen LogP contribution in [0.25, 0.3) is 22.0 Å². The lowest BCUT2D eigenvalue weighted by atomic mass is 9.93. The fourth-order valence-electron chi connectivity index (χ4n) is 6.51. The maximum atomic E-state index is 14.9. The molecule has 2 aromatic carbocycles. The maximum Gasteiger partial charge on any atom is 0.417 e. The van der Waals surface area contributed by atoms with E-state index in [0.29, 0.717) is 28.5 Å². The molecular formula is C32H37F4N5O3S.